The summed E-state index contributed by atoms with van der Waals surface area (Å²) in [5.41, 5.74) is 2.05. The van der Waals surface area contributed by atoms with E-state index in [0.717, 1.165) is 16.7 Å². The van der Waals surface area contributed by atoms with Gasteiger partial charge in [0.2, 0.25) is 0 Å². The molecule has 0 aromatic heterocycles. The van der Waals surface area contributed by atoms with Crippen LogP contribution in [0.3, 0.4) is 0 Å². The maximum absolute atomic E-state index is 11.5. The molecule has 1 N–H and O–H groups in total. The van der Waals surface area contributed by atoms with E-state index in [0.29, 0.717) is 25.9 Å². The number of rotatable bonds is 8. The molecule has 0 heterocycles. The first-order chi connectivity index (χ1) is 11.0. The summed E-state index contributed by atoms with van der Waals surface area (Å²) in [6, 6.07) is 4.54. The highest BCUT2D eigenvalue weighted by atomic mass is 32.2. The monoisotopic (exact) mass is 354 g/mol. The first-order valence-corrected chi connectivity index (χ1v) is 9.36. The van der Waals surface area contributed by atoms with E-state index in [1.807, 2.05) is 20.8 Å². The third-order valence-electron chi connectivity index (χ3n) is 4.41. The van der Waals surface area contributed by atoms with Crippen molar-refractivity contribution in [2.75, 3.05) is 6.61 Å². The Balaban J connectivity index is 3.15. The van der Waals surface area contributed by atoms with Crippen LogP contribution in [0, 0.1) is 6.92 Å². The highest BCUT2D eigenvalue weighted by Gasteiger charge is 2.30. The highest BCUT2D eigenvalue weighted by molar-refractivity contribution is 7.85. The Morgan fingerprint density at radius 3 is 2.50 bits per heavy atom. The fourth-order valence-electron chi connectivity index (χ4n) is 2.75. The Kier molecular flexibility index (Phi) is 6.75. The average molecular weight is 354 g/mol. The zero-order valence-corrected chi connectivity index (χ0v) is 15.6. The average Bonchev–Trinajstić information content (AvgIpc) is 2.46. The summed E-state index contributed by atoms with van der Waals surface area (Å²) in [6.45, 7) is 11.9. The second-order valence-electron chi connectivity index (χ2n) is 6.22. The normalized spacial score (nSPS) is 14.0. The molecule has 0 radical (unpaired) electrons. The Hall–Kier alpha value is -1.66. The van der Waals surface area contributed by atoms with E-state index in [9.17, 15) is 17.8 Å². The van der Waals surface area contributed by atoms with Crippen LogP contribution >= 0.6 is 0 Å². The van der Waals surface area contributed by atoms with Crippen LogP contribution in [0.2, 0.25) is 0 Å². The Labute approximate surface area is 144 Å². The van der Waals surface area contributed by atoms with Gasteiger partial charge in [-0.15, -0.1) is 0 Å². The van der Waals surface area contributed by atoms with Crippen LogP contribution in [0.4, 0.5) is 0 Å². The number of benzene rings is 1. The number of aryl methyl sites for hydroxylation is 1. The lowest BCUT2D eigenvalue weighted by molar-refractivity contribution is -0.143. The van der Waals surface area contributed by atoms with Gasteiger partial charge in [-0.1, -0.05) is 25.1 Å². The first-order valence-electron chi connectivity index (χ1n) is 7.92. The van der Waals surface area contributed by atoms with E-state index >= 15 is 0 Å². The van der Waals surface area contributed by atoms with E-state index in [4.69, 9.17) is 4.74 Å². The van der Waals surface area contributed by atoms with Crippen LogP contribution < -0.4 is 0 Å². The number of carbonyl (C=O) groups is 1. The predicted octanol–water partition coefficient (Wildman–Crippen LogP) is 3.81. The van der Waals surface area contributed by atoms with E-state index < -0.39 is 15.5 Å². The largest absolute Gasteiger partial charge is 0.466 e. The molecule has 1 atom stereocenters. The first kappa shape index (κ1) is 20.4. The molecule has 0 spiro atoms. The zero-order chi connectivity index (χ0) is 18.5. The minimum atomic E-state index is -4.27. The fraction of sp³-hybridized carbons (Fsp3) is 0.500. The number of allylic oxidation sites excluding steroid dienone is 1. The molecule has 0 aliphatic carbocycles. The maximum Gasteiger partial charge on any atom is 0.305 e. The van der Waals surface area contributed by atoms with Crippen molar-refractivity contribution >= 4 is 16.1 Å². The molecular formula is C18H26O5S. The Bertz CT molecular complexity index is 721. The molecule has 0 fully saturated rings. The molecule has 0 amide bonds. The maximum atomic E-state index is 11.5. The van der Waals surface area contributed by atoms with Crippen molar-refractivity contribution in [1.29, 1.82) is 0 Å². The van der Waals surface area contributed by atoms with Gasteiger partial charge in [0.05, 0.1) is 11.5 Å². The highest BCUT2D eigenvalue weighted by Crippen LogP contribution is 2.38. The van der Waals surface area contributed by atoms with Crippen molar-refractivity contribution in [2.45, 2.75) is 57.3 Å². The number of hydrogen-bond donors (Lipinski definition) is 1. The third-order valence-corrected chi connectivity index (χ3v) is 5.26. The van der Waals surface area contributed by atoms with Gasteiger partial charge >= 0.3 is 5.97 Å². The van der Waals surface area contributed by atoms with Crippen molar-refractivity contribution in [3.05, 3.63) is 41.5 Å². The van der Waals surface area contributed by atoms with Crippen molar-refractivity contribution in [3.8, 4) is 0 Å². The van der Waals surface area contributed by atoms with Gasteiger partial charge in [-0.3, -0.25) is 9.35 Å². The quantitative estimate of drug-likeness (QED) is 0.436. The minimum absolute atomic E-state index is 0.138. The topological polar surface area (TPSA) is 80.7 Å². The van der Waals surface area contributed by atoms with Crippen molar-refractivity contribution in [3.63, 3.8) is 0 Å². The van der Waals surface area contributed by atoms with E-state index in [-0.39, 0.29) is 10.9 Å². The van der Waals surface area contributed by atoms with E-state index in [1.54, 1.807) is 13.0 Å². The van der Waals surface area contributed by atoms with Crippen LogP contribution in [0.1, 0.15) is 51.2 Å². The van der Waals surface area contributed by atoms with Gasteiger partial charge in [0.1, 0.15) is 0 Å². The summed E-state index contributed by atoms with van der Waals surface area (Å²) in [6.07, 6.45) is 1.52. The molecule has 0 aliphatic heterocycles. The van der Waals surface area contributed by atoms with E-state index in [1.165, 1.54) is 12.1 Å². The zero-order valence-electron chi connectivity index (χ0n) is 14.8. The minimum Gasteiger partial charge on any atom is -0.466 e. The number of carbonyl (C=O) groups excluding carboxylic acids is 1. The molecule has 5 nitrogen and oxygen atoms in total. The van der Waals surface area contributed by atoms with Crippen LogP contribution in [-0.2, 0) is 25.1 Å². The molecule has 0 bridgehead atoms. The standard InChI is InChI=1S/C18H26O5S/c1-6-23-17(19)8-7-11-18(5,13(2)3)16-12-15(24(20,21)22)10-9-14(16)4/h9-10,12H,2,6-8,11H2,1,3-5H3,(H,20,21,22). The van der Waals surface area contributed by atoms with Crippen LogP contribution in [0.5, 0.6) is 0 Å². The van der Waals surface area contributed by atoms with E-state index in [2.05, 4.69) is 6.58 Å². The molecule has 1 unspecified atom stereocenters. The lowest BCUT2D eigenvalue weighted by Gasteiger charge is -2.33. The molecule has 0 aliphatic rings. The van der Waals surface area contributed by atoms with Crippen LogP contribution in [-0.4, -0.2) is 25.5 Å². The molecule has 0 saturated carbocycles. The lowest BCUT2D eigenvalue weighted by Crippen LogP contribution is -2.25. The van der Waals surface area contributed by atoms with Gasteiger partial charge in [0.25, 0.3) is 10.1 Å². The Morgan fingerprint density at radius 2 is 2.00 bits per heavy atom. The fourth-order valence-corrected chi connectivity index (χ4v) is 3.26. The molecule has 0 saturated heterocycles. The third kappa shape index (κ3) is 4.92. The van der Waals surface area contributed by atoms with Crippen LogP contribution in [0.15, 0.2) is 35.2 Å². The molecular weight excluding hydrogens is 328 g/mol. The molecule has 134 valence electrons. The van der Waals surface area contributed by atoms with Gasteiger partial charge in [-0.25, -0.2) is 0 Å². The SMILES string of the molecule is C=C(C)C(C)(CCCC(=O)OCC)c1cc(S(=O)(=O)O)ccc1C. The van der Waals surface area contributed by atoms with Crippen LogP contribution in [0.25, 0.3) is 0 Å². The smallest absolute Gasteiger partial charge is 0.305 e. The number of esters is 1. The van der Waals surface area contributed by atoms with Gasteiger partial charge in [0, 0.05) is 11.8 Å². The number of ether oxygens (including phenoxy) is 1. The molecule has 24 heavy (non-hydrogen) atoms. The van der Waals surface area contributed by atoms with Crippen molar-refractivity contribution in [1.82, 2.24) is 0 Å². The van der Waals surface area contributed by atoms with Gasteiger partial charge < -0.3 is 4.74 Å². The van der Waals surface area contributed by atoms with Gasteiger partial charge in [0.15, 0.2) is 0 Å². The lowest BCUT2D eigenvalue weighted by atomic mass is 9.72. The molecule has 1 aromatic carbocycles. The second-order valence-corrected chi connectivity index (χ2v) is 7.64. The summed E-state index contributed by atoms with van der Waals surface area (Å²) in [5, 5.41) is 0. The summed E-state index contributed by atoms with van der Waals surface area (Å²) in [5.74, 6) is -0.245. The summed E-state index contributed by atoms with van der Waals surface area (Å²) in [4.78, 5) is 11.4. The summed E-state index contributed by atoms with van der Waals surface area (Å²) in [7, 11) is -4.27. The summed E-state index contributed by atoms with van der Waals surface area (Å²) < 4.78 is 37.1. The van der Waals surface area contributed by atoms with Gasteiger partial charge in [-0.05, 0) is 56.9 Å². The summed E-state index contributed by atoms with van der Waals surface area (Å²) >= 11 is 0. The number of hydrogen-bond acceptors (Lipinski definition) is 4. The van der Waals surface area contributed by atoms with Crippen molar-refractivity contribution in [2.24, 2.45) is 0 Å². The molecule has 1 aromatic rings. The second kappa shape index (κ2) is 7.94. The van der Waals surface area contributed by atoms with Gasteiger partial charge in [-0.2, -0.15) is 8.42 Å². The Morgan fingerprint density at radius 1 is 1.38 bits per heavy atom. The van der Waals surface area contributed by atoms with Crippen molar-refractivity contribution < 1.29 is 22.5 Å². The molecule has 6 heteroatoms. The predicted molar refractivity (Wildman–Crippen MR) is 93.6 cm³/mol. The molecule has 1 rings (SSSR count).